The van der Waals surface area contributed by atoms with Crippen molar-refractivity contribution >= 4 is 29.6 Å². The molecule has 2 aromatic carbocycles. The molecular weight excluding hydrogens is 600 g/mol. The molecule has 47 heavy (non-hydrogen) atoms. The number of amides is 4. The zero-order chi connectivity index (χ0) is 34.0. The van der Waals surface area contributed by atoms with Crippen LogP contribution in [0.3, 0.4) is 0 Å². The van der Waals surface area contributed by atoms with Crippen LogP contribution >= 0.6 is 0 Å². The number of ether oxygens (including phenoxy) is 2. The Kier molecular flexibility index (Phi) is 11.5. The molecule has 3 aromatic rings. The molecule has 2 unspecified atom stereocenters. The van der Waals surface area contributed by atoms with Crippen LogP contribution in [0, 0.1) is 0 Å². The third-order valence-corrected chi connectivity index (χ3v) is 7.27. The maximum atomic E-state index is 13.7. The van der Waals surface area contributed by atoms with E-state index in [1.807, 2.05) is 66.7 Å². The first-order valence-corrected chi connectivity index (χ1v) is 15.6. The van der Waals surface area contributed by atoms with Gasteiger partial charge in [-0.3, -0.25) is 14.4 Å². The van der Waals surface area contributed by atoms with Gasteiger partial charge in [0.15, 0.2) is 5.82 Å². The van der Waals surface area contributed by atoms with E-state index in [2.05, 4.69) is 27.0 Å². The summed E-state index contributed by atoms with van der Waals surface area (Å²) in [4.78, 5) is 59.2. The minimum atomic E-state index is -1.42. The van der Waals surface area contributed by atoms with Crippen LogP contribution in [0.4, 0.5) is 10.6 Å². The first-order chi connectivity index (χ1) is 22.3. The fourth-order valence-electron chi connectivity index (χ4n) is 4.85. The van der Waals surface area contributed by atoms with Gasteiger partial charge in [-0.2, -0.15) is 0 Å². The first kappa shape index (κ1) is 34.9. The number of carbonyl (C=O) groups excluding carboxylic acids is 4. The summed E-state index contributed by atoms with van der Waals surface area (Å²) >= 11 is 0. The van der Waals surface area contributed by atoms with E-state index < -0.39 is 41.1 Å². The Bertz CT molecular complexity index is 1550. The molecule has 2 atom stereocenters. The van der Waals surface area contributed by atoms with E-state index in [0.717, 1.165) is 17.5 Å². The highest BCUT2D eigenvalue weighted by Gasteiger charge is 2.35. The van der Waals surface area contributed by atoms with E-state index in [9.17, 15) is 19.2 Å². The lowest BCUT2D eigenvalue weighted by Gasteiger charge is -2.29. The molecule has 0 spiro atoms. The Morgan fingerprint density at radius 3 is 2.26 bits per heavy atom. The second-order valence-corrected chi connectivity index (χ2v) is 12.8. The molecule has 3 N–H and O–H groups in total. The number of anilines is 1. The third kappa shape index (κ3) is 10.3. The molecule has 12 heteroatoms. The molecule has 12 nitrogen and oxygen atoms in total. The van der Waals surface area contributed by atoms with Crippen LogP contribution in [0.5, 0.6) is 0 Å². The van der Waals surface area contributed by atoms with Gasteiger partial charge in [0.2, 0.25) is 5.91 Å². The van der Waals surface area contributed by atoms with E-state index >= 15 is 0 Å². The molecule has 2 heterocycles. The van der Waals surface area contributed by atoms with E-state index in [1.54, 1.807) is 36.4 Å². The van der Waals surface area contributed by atoms with Crippen LogP contribution in [-0.4, -0.2) is 75.1 Å². The summed E-state index contributed by atoms with van der Waals surface area (Å²) in [5.41, 5.74) is -0.511. The van der Waals surface area contributed by atoms with Gasteiger partial charge in [0, 0.05) is 19.3 Å². The summed E-state index contributed by atoms with van der Waals surface area (Å²) in [5.74, 6) is -1.11. The van der Waals surface area contributed by atoms with Gasteiger partial charge in [0.25, 0.3) is 11.8 Å². The number of imidazole rings is 1. The molecule has 0 radical (unpaired) electrons. The quantitative estimate of drug-likeness (QED) is 0.251. The van der Waals surface area contributed by atoms with Crippen molar-refractivity contribution in [2.75, 3.05) is 25.0 Å². The summed E-state index contributed by atoms with van der Waals surface area (Å²) in [7, 11) is 0. The number of nitrogens with one attached hydrogen (secondary N) is 3. The van der Waals surface area contributed by atoms with Gasteiger partial charge in [0.1, 0.15) is 23.2 Å². The number of hydrogen-bond donors (Lipinski definition) is 3. The number of rotatable bonds is 12. The van der Waals surface area contributed by atoms with Gasteiger partial charge in [-0.05, 0) is 52.2 Å². The topological polar surface area (TPSA) is 144 Å². The molecule has 0 bridgehead atoms. The average molecular weight is 645 g/mol. The fraction of sp³-hybridized carbons (Fsp3) is 0.400. The van der Waals surface area contributed by atoms with Crippen molar-refractivity contribution in [2.24, 2.45) is 0 Å². The van der Waals surface area contributed by atoms with Crippen LogP contribution < -0.4 is 16.0 Å². The van der Waals surface area contributed by atoms with E-state index in [0.29, 0.717) is 13.1 Å². The van der Waals surface area contributed by atoms with Crippen molar-refractivity contribution in [3.05, 3.63) is 96.5 Å². The van der Waals surface area contributed by atoms with Crippen molar-refractivity contribution in [3.8, 4) is 0 Å². The van der Waals surface area contributed by atoms with Crippen LogP contribution in [0.15, 0.2) is 85.3 Å². The SMILES string of the molecule is CC(C)(C)OC(=O)NC(C)(C)C(=O)NC(COCc1ccccc1)C(=O)Nc1cn(C(C(=O)N2CC=CCC2)c2ccccc2)cn1. The Morgan fingerprint density at radius 1 is 0.936 bits per heavy atom. The van der Waals surface area contributed by atoms with Crippen LogP contribution in [0.25, 0.3) is 0 Å². The second kappa shape index (κ2) is 15.5. The number of hydrogen-bond acceptors (Lipinski definition) is 7. The summed E-state index contributed by atoms with van der Waals surface area (Å²) in [6.07, 6.45) is 7.12. The van der Waals surface area contributed by atoms with Crippen LogP contribution in [0.1, 0.15) is 58.2 Å². The monoisotopic (exact) mass is 644 g/mol. The average Bonchev–Trinajstić information content (AvgIpc) is 3.48. The standard InChI is InChI=1S/C35H44N6O6/c1-34(2,3)47-33(45)39-35(4,5)32(44)37-27(23-46-22-25-15-9-6-10-16-25)30(42)38-28-21-41(24-36-28)29(26-17-11-7-12-18-26)31(43)40-19-13-8-14-20-40/h6-13,15-18,21,24,27,29H,14,19-20,22-23H2,1-5H3,(H,37,44)(H,38,42)(H,39,45). The minimum Gasteiger partial charge on any atom is -0.444 e. The molecule has 0 saturated heterocycles. The molecule has 4 amide bonds. The number of nitrogens with zero attached hydrogens (tertiary/aromatic N) is 3. The summed E-state index contributed by atoms with van der Waals surface area (Å²) in [5, 5.41) is 8.01. The second-order valence-electron chi connectivity index (χ2n) is 12.8. The molecule has 0 fully saturated rings. The summed E-state index contributed by atoms with van der Waals surface area (Å²) in [6, 6.07) is 17.0. The van der Waals surface area contributed by atoms with Gasteiger partial charge < -0.3 is 34.9 Å². The Labute approximate surface area is 275 Å². The van der Waals surface area contributed by atoms with Gasteiger partial charge in [0.05, 0.1) is 19.5 Å². The number of alkyl carbamates (subject to hydrolysis) is 1. The van der Waals surface area contributed by atoms with E-state index in [4.69, 9.17) is 9.47 Å². The first-order valence-electron chi connectivity index (χ1n) is 15.6. The number of carbonyl (C=O) groups is 4. The molecule has 250 valence electrons. The lowest BCUT2D eigenvalue weighted by molar-refractivity contribution is -0.133. The number of benzene rings is 2. The fourth-order valence-corrected chi connectivity index (χ4v) is 4.85. The maximum Gasteiger partial charge on any atom is 0.408 e. The van der Waals surface area contributed by atoms with Crippen molar-refractivity contribution in [3.63, 3.8) is 0 Å². The molecule has 4 rings (SSSR count). The van der Waals surface area contributed by atoms with E-state index in [1.165, 1.54) is 20.2 Å². The zero-order valence-corrected chi connectivity index (χ0v) is 27.6. The van der Waals surface area contributed by atoms with Crippen LogP contribution in [0.2, 0.25) is 0 Å². The molecule has 1 aliphatic heterocycles. The lowest BCUT2D eigenvalue weighted by atomic mass is 10.0. The Balaban J connectivity index is 1.50. The normalized spacial score (nSPS) is 14.5. The van der Waals surface area contributed by atoms with Gasteiger partial charge in [-0.25, -0.2) is 9.78 Å². The van der Waals surface area contributed by atoms with Crippen molar-refractivity contribution in [1.82, 2.24) is 25.1 Å². The largest absolute Gasteiger partial charge is 0.444 e. The maximum absolute atomic E-state index is 13.7. The zero-order valence-electron chi connectivity index (χ0n) is 27.6. The highest BCUT2D eigenvalue weighted by molar-refractivity contribution is 5.98. The van der Waals surface area contributed by atoms with Crippen molar-refractivity contribution in [1.29, 1.82) is 0 Å². The predicted octanol–water partition coefficient (Wildman–Crippen LogP) is 4.20. The lowest BCUT2D eigenvalue weighted by Crippen LogP contribution is -2.59. The molecule has 0 saturated carbocycles. The predicted molar refractivity (Wildman–Crippen MR) is 177 cm³/mol. The van der Waals surface area contributed by atoms with E-state index in [-0.39, 0.29) is 24.9 Å². The van der Waals surface area contributed by atoms with Gasteiger partial charge in [-0.1, -0.05) is 72.8 Å². The summed E-state index contributed by atoms with van der Waals surface area (Å²) < 4.78 is 12.8. The van der Waals surface area contributed by atoms with Crippen molar-refractivity contribution in [2.45, 2.75) is 70.9 Å². The minimum absolute atomic E-state index is 0.0880. The smallest absolute Gasteiger partial charge is 0.408 e. The van der Waals surface area contributed by atoms with Crippen LogP contribution in [-0.2, 0) is 30.5 Å². The third-order valence-electron chi connectivity index (χ3n) is 7.27. The summed E-state index contributed by atoms with van der Waals surface area (Å²) in [6.45, 7) is 9.34. The van der Waals surface area contributed by atoms with Gasteiger partial charge in [-0.15, -0.1) is 0 Å². The highest BCUT2D eigenvalue weighted by Crippen LogP contribution is 2.24. The number of aromatic nitrogens is 2. The molecular formula is C35H44N6O6. The molecule has 1 aliphatic rings. The Hall–Kier alpha value is -4.97. The highest BCUT2D eigenvalue weighted by atomic mass is 16.6. The molecule has 0 aliphatic carbocycles. The van der Waals surface area contributed by atoms with Crippen molar-refractivity contribution < 1.29 is 28.7 Å². The molecule has 1 aromatic heterocycles. The van der Waals surface area contributed by atoms with Gasteiger partial charge >= 0.3 is 6.09 Å². The Morgan fingerprint density at radius 2 is 1.62 bits per heavy atom.